The van der Waals surface area contributed by atoms with Gasteiger partial charge in [0.2, 0.25) is 0 Å². The highest BCUT2D eigenvalue weighted by Crippen LogP contribution is 2.39. The Balaban J connectivity index is 2.06. The number of fused-ring (bicyclic) bond motifs is 2. The van der Waals surface area contributed by atoms with E-state index in [0.717, 1.165) is 29.7 Å². The van der Waals surface area contributed by atoms with Gasteiger partial charge in [-0.15, -0.1) is 0 Å². The van der Waals surface area contributed by atoms with Crippen molar-refractivity contribution in [1.82, 2.24) is 9.80 Å². The van der Waals surface area contributed by atoms with E-state index in [1.807, 2.05) is 17.9 Å². The van der Waals surface area contributed by atoms with Gasteiger partial charge in [-0.2, -0.15) is 0 Å². The van der Waals surface area contributed by atoms with Gasteiger partial charge in [-0.1, -0.05) is 27.5 Å². The fourth-order valence-corrected chi connectivity index (χ4v) is 3.55. The van der Waals surface area contributed by atoms with Crippen LogP contribution >= 0.6 is 27.5 Å². The average molecular weight is 360 g/mol. The molecule has 2 aliphatic heterocycles. The number of ether oxygens (including phenoxy) is 1. The fourth-order valence-electron chi connectivity index (χ4n) is 2.75. The lowest BCUT2D eigenvalue weighted by atomic mass is 10.1. The minimum atomic E-state index is 0.0122. The van der Waals surface area contributed by atoms with Gasteiger partial charge in [-0.05, 0) is 25.6 Å². The lowest BCUT2D eigenvalue weighted by molar-refractivity contribution is 0.0442. The van der Waals surface area contributed by atoms with E-state index >= 15 is 0 Å². The molecular formula is C14H16BrClN2O2. The first-order valence-corrected chi connectivity index (χ1v) is 7.77. The summed E-state index contributed by atoms with van der Waals surface area (Å²) in [5, 5.41) is 0.524. The van der Waals surface area contributed by atoms with E-state index in [-0.39, 0.29) is 11.9 Å². The van der Waals surface area contributed by atoms with Gasteiger partial charge in [-0.3, -0.25) is 4.79 Å². The molecule has 0 aromatic heterocycles. The minimum absolute atomic E-state index is 0.0122. The van der Waals surface area contributed by atoms with Gasteiger partial charge in [0.1, 0.15) is 6.61 Å². The number of carbonyl (C=O) groups is 1. The van der Waals surface area contributed by atoms with Crippen LogP contribution in [0.4, 0.5) is 0 Å². The van der Waals surface area contributed by atoms with Crippen molar-refractivity contribution in [2.75, 3.05) is 33.3 Å². The molecule has 20 heavy (non-hydrogen) atoms. The second-order valence-electron chi connectivity index (χ2n) is 5.40. The normalized spacial score (nSPS) is 22.9. The zero-order chi connectivity index (χ0) is 14.4. The molecule has 0 spiro atoms. The number of hydrogen-bond acceptors (Lipinski definition) is 3. The molecule has 1 amide bonds. The third-order valence-corrected chi connectivity index (χ3v) is 5.28. The monoisotopic (exact) mass is 358 g/mol. The van der Waals surface area contributed by atoms with Gasteiger partial charge in [0.25, 0.3) is 5.91 Å². The molecule has 4 nitrogen and oxygen atoms in total. The van der Waals surface area contributed by atoms with Crippen molar-refractivity contribution in [3.8, 4) is 5.75 Å². The van der Waals surface area contributed by atoms with Crippen LogP contribution in [-0.2, 0) is 0 Å². The second-order valence-corrected chi connectivity index (χ2v) is 6.63. The first-order valence-electron chi connectivity index (χ1n) is 6.60. The topological polar surface area (TPSA) is 32.8 Å². The third-order valence-electron chi connectivity index (χ3n) is 4.00. The van der Waals surface area contributed by atoms with E-state index in [1.165, 1.54) is 0 Å². The Labute approximate surface area is 131 Å². The SMILES string of the molecule is Cc1c(Br)cc2c(c1Cl)OC[C@H]1CN(C)CCN1C2=O. The van der Waals surface area contributed by atoms with E-state index < -0.39 is 0 Å². The van der Waals surface area contributed by atoms with Crippen LogP contribution in [0.2, 0.25) is 5.02 Å². The molecule has 3 rings (SSSR count). The van der Waals surface area contributed by atoms with Gasteiger partial charge in [0.15, 0.2) is 5.75 Å². The maximum absolute atomic E-state index is 12.7. The lowest BCUT2D eigenvalue weighted by Crippen LogP contribution is -2.55. The predicted molar refractivity (Wildman–Crippen MR) is 81.7 cm³/mol. The van der Waals surface area contributed by atoms with Crippen molar-refractivity contribution in [3.63, 3.8) is 0 Å². The Bertz CT molecular complexity index is 579. The summed E-state index contributed by atoms with van der Waals surface area (Å²) in [5.41, 5.74) is 1.45. The van der Waals surface area contributed by atoms with E-state index in [2.05, 4.69) is 27.9 Å². The molecule has 0 aliphatic carbocycles. The highest BCUT2D eigenvalue weighted by molar-refractivity contribution is 9.10. The predicted octanol–water partition coefficient (Wildman–Crippen LogP) is 2.56. The van der Waals surface area contributed by atoms with Gasteiger partial charge >= 0.3 is 0 Å². The number of carbonyl (C=O) groups excluding carboxylic acids is 1. The van der Waals surface area contributed by atoms with Gasteiger partial charge in [-0.25, -0.2) is 0 Å². The van der Waals surface area contributed by atoms with Crippen LogP contribution in [0.1, 0.15) is 15.9 Å². The van der Waals surface area contributed by atoms with Gasteiger partial charge in [0.05, 0.1) is 16.6 Å². The summed E-state index contributed by atoms with van der Waals surface area (Å²) in [7, 11) is 2.06. The summed E-state index contributed by atoms with van der Waals surface area (Å²) in [6, 6.07) is 1.91. The molecule has 1 fully saturated rings. The molecule has 1 aromatic carbocycles. The first-order chi connectivity index (χ1) is 9.49. The molecule has 0 N–H and O–H groups in total. The number of amides is 1. The van der Waals surface area contributed by atoms with Crippen LogP contribution in [0.25, 0.3) is 0 Å². The second kappa shape index (κ2) is 5.20. The molecule has 108 valence electrons. The Morgan fingerprint density at radius 1 is 1.45 bits per heavy atom. The van der Waals surface area contributed by atoms with Crippen LogP contribution in [0.3, 0.4) is 0 Å². The Kier molecular flexibility index (Phi) is 3.69. The number of nitrogens with zero attached hydrogens (tertiary/aromatic N) is 2. The molecule has 0 saturated carbocycles. The summed E-state index contributed by atoms with van der Waals surface area (Å²) in [6.45, 7) is 4.85. The zero-order valence-corrected chi connectivity index (χ0v) is 13.8. The maximum atomic E-state index is 12.7. The molecule has 1 atom stereocenters. The number of rotatable bonds is 0. The largest absolute Gasteiger partial charge is 0.489 e. The minimum Gasteiger partial charge on any atom is -0.489 e. The van der Waals surface area contributed by atoms with Gasteiger partial charge < -0.3 is 14.5 Å². The molecular weight excluding hydrogens is 344 g/mol. The summed E-state index contributed by atoms with van der Waals surface area (Å²) in [5.74, 6) is 0.535. The number of halogens is 2. The highest BCUT2D eigenvalue weighted by atomic mass is 79.9. The summed E-state index contributed by atoms with van der Waals surface area (Å²) in [6.07, 6.45) is 0. The fraction of sp³-hybridized carbons (Fsp3) is 0.500. The summed E-state index contributed by atoms with van der Waals surface area (Å²) in [4.78, 5) is 16.9. The molecule has 1 aromatic rings. The van der Waals surface area contributed by atoms with E-state index in [9.17, 15) is 4.79 Å². The quantitative estimate of drug-likeness (QED) is 0.714. The van der Waals surface area contributed by atoms with Crippen LogP contribution < -0.4 is 4.74 Å². The van der Waals surface area contributed by atoms with Crippen molar-refractivity contribution < 1.29 is 9.53 Å². The van der Waals surface area contributed by atoms with E-state index in [0.29, 0.717) is 22.9 Å². The van der Waals surface area contributed by atoms with Crippen molar-refractivity contribution in [1.29, 1.82) is 0 Å². The Hall–Kier alpha value is -0.780. The van der Waals surface area contributed by atoms with E-state index in [1.54, 1.807) is 0 Å². The Morgan fingerprint density at radius 3 is 2.95 bits per heavy atom. The average Bonchev–Trinajstić information content (AvgIpc) is 2.55. The first kappa shape index (κ1) is 14.2. The zero-order valence-electron chi connectivity index (χ0n) is 11.4. The standard InChI is InChI=1S/C14H16BrClN2O2/c1-8-11(15)5-10-13(12(8)16)20-7-9-6-17(2)3-4-18(9)14(10)19/h5,9H,3-4,6-7H2,1-2H3/t9-/m1/s1. The molecule has 6 heteroatoms. The van der Waals surface area contributed by atoms with Crippen molar-refractivity contribution in [2.24, 2.45) is 0 Å². The molecule has 1 saturated heterocycles. The number of hydrogen-bond donors (Lipinski definition) is 0. The van der Waals surface area contributed by atoms with Crippen molar-refractivity contribution >= 4 is 33.4 Å². The summed E-state index contributed by atoms with van der Waals surface area (Å²) < 4.78 is 6.70. The third kappa shape index (κ3) is 2.22. The van der Waals surface area contributed by atoms with Crippen LogP contribution in [0, 0.1) is 6.92 Å². The molecule has 2 aliphatic rings. The summed E-state index contributed by atoms with van der Waals surface area (Å²) >= 11 is 9.80. The molecule has 0 unspecified atom stereocenters. The van der Waals surface area contributed by atoms with Crippen LogP contribution in [0.5, 0.6) is 5.75 Å². The number of likely N-dealkylation sites (N-methyl/N-ethyl adjacent to an activating group) is 1. The Morgan fingerprint density at radius 2 is 2.20 bits per heavy atom. The van der Waals surface area contributed by atoms with Crippen LogP contribution in [-0.4, -0.2) is 55.0 Å². The molecule has 2 heterocycles. The van der Waals surface area contributed by atoms with E-state index in [4.69, 9.17) is 16.3 Å². The molecule has 0 radical (unpaired) electrons. The maximum Gasteiger partial charge on any atom is 0.258 e. The molecule has 0 bridgehead atoms. The van der Waals surface area contributed by atoms with Gasteiger partial charge in [0, 0.05) is 24.1 Å². The number of benzene rings is 1. The number of piperazine rings is 1. The highest BCUT2D eigenvalue weighted by Gasteiger charge is 2.35. The lowest BCUT2D eigenvalue weighted by Gasteiger charge is -2.38. The van der Waals surface area contributed by atoms with Crippen LogP contribution in [0.15, 0.2) is 10.5 Å². The smallest absolute Gasteiger partial charge is 0.258 e. The van der Waals surface area contributed by atoms with Crippen molar-refractivity contribution in [2.45, 2.75) is 13.0 Å². The van der Waals surface area contributed by atoms with Crippen molar-refractivity contribution in [3.05, 3.63) is 26.7 Å².